The van der Waals surface area contributed by atoms with Gasteiger partial charge in [-0.05, 0) is 17.7 Å². The molecule has 0 unspecified atom stereocenters. The molecule has 6 rings (SSSR count). The van der Waals surface area contributed by atoms with Crippen LogP contribution in [-0.4, -0.2) is 9.97 Å². The van der Waals surface area contributed by atoms with Crippen LogP contribution in [0.15, 0.2) is 66.7 Å². The zero-order chi connectivity index (χ0) is 18.8. The summed E-state index contributed by atoms with van der Waals surface area (Å²) in [6.07, 6.45) is 0. The molecule has 4 aromatic rings. The number of benzene rings is 3. The van der Waals surface area contributed by atoms with E-state index in [9.17, 15) is 0 Å². The molecular weight excluding hydrogens is 407 g/mol. The molecule has 1 N–H and O–H groups in total. The highest BCUT2D eigenvalue weighted by Gasteiger charge is 2.24. The van der Waals surface area contributed by atoms with Gasteiger partial charge in [0.1, 0.15) is 9.84 Å². The number of aromatic nitrogens is 2. The first-order valence-corrected chi connectivity index (χ1v) is 10.5. The van der Waals surface area contributed by atoms with Crippen LogP contribution in [0.4, 0.5) is 0 Å². The highest BCUT2D eigenvalue weighted by atomic mass is 35.5. The molecule has 2 nitrogen and oxygen atoms in total. The fourth-order valence-corrected chi connectivity index (χ4v) is 5.57. The van der Waals surface area contributed by atoms with Crippen LogP contribution >= 0.6 is 34.5 Å². The first-order chi connectivity index (χ1) is 13.7. The lowest BCUT2D eigenvalue weighted by atomic mass is 9.96. The number of nitrogens with one attached hydrogen (secondary N) is 1. The van der Waals surface area contributed by atoms with Crippen molar-refractivity contribution in [1.29, 1.82) is 0 Å². The number of hydrogen-bond acceptors (Lipinski definition) is 2. The Morgan fingerprint density at radius 1 is 0.750 bits per heavy atom. The van der Waals surface area contributed by atoms with Crippen LogP contribution < -0.4 is 0 Å². The zero-order valence-corrected chi connectivity index (χ0v) is 16.8. The number of para-hydroxylation sites is 2. The van der Waals surface area contributed by atoms with E-state index < -0.39 is 0 Å². The SMILES string of the molecule is Clc1cccc2c3c(-c4ccccc4)c4c([nH]c5c(Cl)cccc54)sc-3nc12. The summed E-state index contributed by atoms with van der Waals surface area (Å²) in [5.41, 5.74) is 5.27. The quantitative estimate of drug-likeness (QED) is 0.287. The van der Waals surface area contributed by atoms with E-state index in [-0.39, 0.29) is 0 Å². The third-order valence-electron chi connectivity index (χ3n) is 5.19. The normalized spacial score (nSPS) is 11.9. The zero-order valence-electron chi connectivity index (χ0n) is 14.5. The number of halogens is 2. The van der Waals surface area contributed by atoms with Crippen LogP contribution in [0.25, 0.3) is 53.7 Å². The van der Waals surface area contributed by atoms with Gasteiger partial charge in [0.25, 0.3) is 0 Å². The minimum absolute atomic E-state index is 0.677. The van der Waals surface area contributed by atoms with Crippen molar-refractivity contribution in [2.75, 3.05) is 0 Å². The molecule has 1 aromatic heterocycles. The maximum Gasteiger partial charge on any atom is 0.127 e. The second kappa shape index (κ2) is 5.95. The maximum atomic E-state index is 6.49. The van der Waals surface area contributed by atoms with Gasteiger partial charge in [0, 0.05) is 27.3 Å². The molecule has 3 aromatic carbocycles. The number of hydrogen-bond donors (Lipinski definition) is 1. The van der Waals surface area contributed by atoms with Gasteiger partial charge in [-0.15, -0.1) is 0 Å². The molecule has 0 fully saturated rings. The molecule has 2 aliphatic rings. The molecule has 0 radical (unpaired) electrons. The number of aromatic amines is 1. The molecular formula is C23H12Cl2N2S. The van der Waals surface area contributed by atoms with E-state index in [1.807, 2.05) is 30.3 Å². The van der Waals surface area contributed by atoms with Crippen LogP contribution in [0, 0.1) is 0 Å². The molecule has 134 valence electrons. The number of rotatable bonds is 1. The summed E-state index contributed by atoms with van der Waals surface area (Å²) in [6.45, 7) is 0. The first kappa shape index (κ1) is 16.4. The lowest BCUT2D eigenvalue weighted by Crippen LogP contribution is -1.85. The van der Waals surface area contributed by atoms with E-state index >= 15 is 0 Å². The minimum atomic E-state index is 0.677. The van der Waals surface area contributed by atoms with E-state index in [2.05, 4.69) is 41.4 Å². The monoisotopic (exact) mass is 418 g/mol. The third kappa shape index (κ3) is 2.18. The van der Waals surface area contributed by atoms with Crippen molar-refractivity contribution in [3.8, 4) is 21.7 Å². The predicted octanol–water partition coefficient (Wildman–Crippen LogP) is 8.01. The van der Waals surface area contributed by atoms with Gasteiger partial charge in [0.15, 0.2) is 0 Å². The Bertz CT molecular complexity index is 1470. The number of fused-ring (bicyclic) bond motifs is 6. The predicted molar refractivity (Wildman–Crippen MR) is 121 cm³/mol. The second-order valence-electron chi connectivity index (χ2n) is 6.76. The topological polar surface area (TPSA) is 28.7 Å². The Hall–Kier alpha value is -2.59. The van der Waals surface area contributed by atoms with Crippen molar-refractivity contribution < 1.29 is 0 Å². The highest BCUT2D eigenvalue weighted by molar-refractivity contribution is 7.21. The van der Waals surface area contributed by atoms with Gasteiger partial charge in [-0.3, -0.25) is 0 Å². The van der Waals surface area contributed by atoms with E-state index in [1.54, 1.807) is 11.3 Å². The summed E-state index contributed by atoms with van der Waals surface area (Å²) in [6, 6.07) is 22.5. The maximum absolute atomic E-state index is 6.49. The van der Waals surface area contributed by atoms with E-state index in [0.717, 1.165) is 47.8 Å². The molecule has 0 saturated heterocycles. The van der Waals surface area contributed by atoms with Crippen LogP contribution in [0.3, 0.4) is 0 Å². The van der Waals surface area contributed by atoms with Gasteiger partial charge in [-0.1, -0.05) is 89.1 Å². The molecule has 2 aliphatic heterocycles. The van der Waals surface area contributed by atoms with Gasteiger partial charge in [0.2, 0.25) is 0 Å². The summed E-state index contributed by atoms with van der Waals surface area (Å²) in [7, 11) is 0. The van der Waals surface area contributed by atoms with Gasteiger partial charge < -0.3 is 4.98 Å². The lowest BCUT2D eigenvalue weighted by molar-refractivity contribution is 1.52. The molecule has 0 atom stereocenters. The third-order valence-corrected chi connectivity index (χ3v) is 6.81. The van der Waals surface area contributed by atoms with Gasteiger partial charge in [0.05, 0.1) is 21.1 Å². The average molecular weight is 419 g/mol. The van der Waals surface area contributed by atoms with Crippen LogP contribution in [0.5, 0.6) is 0 Å². The Morgan fingerprint density at radius 2 is 1.50 bits per heavy atom. The van der Waals surface area contributed by atoms with Crippen molar-refractivity contribution in [3.05, 3.63) is 76.8 Å². The van der Waals surface area contributed by atoms with Crippen LogP contribution in [0.1, 0.15) is 0 Å². The van der Waals surface area contributed by atoms with E-state index in [4.69, 9.17) is 28.2 Å². The Balaban J connectivity index is 1.93. The summed E-state index contributed by atoms with van der Waals surface area (Å²) < 4.78 is 0. The van der Waals surface area contributed by atoms with Gasteiger partial charge >= 0.3 is 0 Å². The van der Waals surface area contributed by atoms with Crippen molar-refractivity contribution in [1.82, 2.24) is 9.97 Å². The molecule has 3 heterocycles. The Morgan fingerprint density at radius 3 is 2.32 bits per heavy atom. The van der Waals surface area contributed by atoms with Crippen molar-refractivity contribution in [3.63, 3.8) is 0 Å². The molecule has 0 aliphatic carbocycles. The van der Waals surface area contributed by atoms with Gasteiger partial charge in [-0.25, -0.2) is 4.98 Å². The minimum Gasteiger partial charge on any atom is -0.345 e. The van der Waals surface area contributed by atoms with Crippen molar-refractivity contribution in [2.45, 2.75) is 0 Å². The molecule has 0 spiro atoms. The smallest absolute Gasteiger partial charge is 0.127 e. The molecule has 5 heteroatoms. The van der Waals surface area contributed by atoms with Crippen LogP contribution in [-0.2, 0) is 0 Å². The van der Waals surface area contributed by atoms with Crippen molar-refractivity contribution >= 4 is 66.6 Å². The fourth-order valence-electron chi connectivity index (χ4n) is 4.02. The molecule has 0 saturated carbocycles. The second-order valence-corrected chi connectivity index (χ2v) is 8.58. The largest absolute Gasteiger partial charge is 0.345 e. The van der Waals surface area contributed by atoms with Crippen LogP contribution in [0.2, 0.25) is 10.0 Å². The lowest BCUT2D eigenvalue weighted by Gasteiger charge is -2.11. The molecule has 0 bridgehead atoms. The fraction of sp³-hybridized carbons (Fsp3) is 0. The Kier molecular flexibility index (Phi) is 3.48. The molecule has 0 amide bonds. The van der Waals surface area contributed by atoms with Crippen molar-refractivity contribution in [2.24, 2.45) is 0 Å². The van der Waals surface area contributed by atoms with E-state index in [1.165, 1.54) is 10.9 Å². The average Bonchev–Trinajstić information content (AvgIpc) is 3.27. The number of nitrogens with zero attached hydrogens (tertiary/aromatic N) is 1. The summed E-state index contributed by atoms with van der Waals surface area (Å²) >= 11 is 14.6. The van der Waals surface area contributed by atoms with E-state index in [0.29, 0.717) is 5.02 Å². The Labute approximate surface area is 174 Å². The summed E-state index contributed by atoms with van der Waals surface area (Å²) in [5.74, 6) is 0. The standard InChI is InChI=1S/C23H12Cl2N2S/c24-15-10-4-8-13-18-17(12-6-2-1-3-7-12)19-14-9-5-11-16(25)21(14)27-23(19)28-22(18)26-20(13)15/h1-11,26H. The first-order valence-electron chi connectivity index (χ1n) is 8.88. The number of H-pyrrole nitrogens is 1. The molecule has 28 heavy (non-hydrogen) atoms. The highest BCUT2D eigenvalue weighted by Crippen LogP contribution is 2.50. The summed E-state index contributed by atoms with van der Waals surface area (Å²) in [4.78, 5) is 9.46. The van der Waals surface area contributed by atoms with Gasteiger partial charge in [-0.2, -0.15) is 0 Å². The summed E-state index contributed by atoms with van der Waals surface area (Å²) in [5, 5.41) is 5.75.